The van der Waals surface area contributed by atoms with Crippen LogP contribution in [0, 0.1) is 20.8 Å². The predicted molar refractivity (Wildman–Crippen MR) is 245 cm³/mol. The number of aryl methyl sites for hydroxylation is 3. The van der Waals surface area contributed by atoms with Crippen molar-refractivity contribution in [2.24, 2.45) is 5.73 Å². The van der Waals surface area contributed by atoms with Crippen molar-refractivity contribution in [3.05, 3.63) is 142 Å². The maximum atomic E-state index is 12.0. The van der Waals surface area contributed by atoms with Crippen molar-refractivity contribution >= 4 is 46.6 Å². The van der Waals surface area contributed by atoms with Gasteiger partial charge >= 0.3 is 36.8 Å². The summed E-state index contributed by atoms with van der Waals surface area (Å²) < 4.78 is 14.6. The van der Waals surface area contributed by atoms with Crippen LogP contribution in [0.25, 0.3) is 17.1 Å². The number of nitrogens with two attached hydrogens (primary N) is 1. The molecule has 0 unspecified atom stereocenters. The van der Waals surface area contributed by atoms with Crippen molar-refractivity contribution in [1.82, 2.24) is 40.0 Å². The fourth-order valence-corrected chi connectivity index (χ4v) is 5.81. The van der Waals surface area contributed by atoms with Crippen LogP contribution in [-0.4, -0.2) is 88.1 Å². The molecule has 21 heteroatoms. The maximum Gasteiger partial charge on any atom is 1.00 e. The minimum atomic E-state index is -1.03. The summed E-state index contributed by atoms with van der Waals surface area (Å²) in [6.07, 6.45) is 0. The van der Waals surface area contributed by atoms with E-state index in [-0.39, 0.29) is 53.1 Å². The Hall–Kier alpha value is -6.88. The summed E-state index contributed by atoms with van der Waals surface area (Å²) in [6, 6.07) is 27.3. The number of carbonyl (C=O) groups is 6. The number of amides is 2. The molecule has 3 aromatic heterocycles. The molecule has 0 aliphatic carbocycles. The fraction of sp³-hybridized carbons (Fsp3) is 0.283. The summed E-state index contributed by atoms with van der Waals surface area (Å²) in [5, 5.41) is 27.1. The standard InChI is InChI=1S/C16H19N3O3.C14H15N3O3.C14H17N3O2.C2H3ClO.Li.H2O/c1-4-22-16(21)15-8-11(2)18-19(15)14-7-5-6-13(9-14)10-17-12(3)20;1-9-6-13(14(19)20)17(16-9)12-5-3-4-11(7-12)8-15-10(2)18;1-3-19-14(18)13-7-10(2)16-17(13)12-6-4-5-11(8-12)9-15;1-2(3)4;;/h5-9H,4,10H2,1-3H3,(H,17,20);3-7H,8H2,1-2H3,(H,15,18)(H,19,20);4-8H,3,9,15H2,1-2H3;1H3;;1H2/q;;;;+1;/p-1. The number of ether oxygens (including phenoxy) is 2. The first kappa shape index (κ1) is 58.1. The van der Waals surface area contributed by atoms with Crippen LogP contribution in [-0.2, 0) is 43.5 Å². The average Bonchev–Trinajstić information content (AvgIpc) is 3.99. The monoisotopic (exact) mass is 935 g/mol. The number of nitrogens with zero attached hydrogens (tertiary/aromatic N) is 6. The summed E-state index contributed by atoms with van der Waals surface area (Å²) in [7, 11) is 0. The Morgan fingerprint density at radius 1 is 0.597 bits per heavy atom. The quantitative estimate of drug-likeness (QED) is 0.0737. The zero-order valence-corrected chi connectivity index (χ0v) is 39.8. The number of hydrogen-bond acceptors (Lipinski definition) is 13. The summed E-state index contributed by atoms with van der Waals surface area (Å²) in [6.45, 7) is 15.1. The van der Waals surface area contributed by atoms with Crippen molar-refractivity contribution in [2.75, 3.05) is 13.2 Å². The number of esters is 2. The fourth-order valence-electron chi connectivity index (χ4n) is 5.81. The van der Waals surface area contributed by atoms with Gasteiger partial charge in [-0.1, -0.05) is 36.4 Å². The van der Waals surface area contributed by atoms with Crippen LogP contribution in [0.15, 0.2) is 91.0 Å². The number of carbonyl (C=O) groups excluding carboxylic acids is 5. The van der Waals surface area contributed by atoms with Crippen LogP contribution in [0.1, 0.15) is 99.9 Å². The molecule has 352 valence electrons. The SMILES string of the molecule is CC(=O)Cl.CC(=O)NCc1cccc(-n2nc(C)cc2C(=O)O)c1.CCOC(=O)c1cc(C)nn1-c1cccc(CN)c1.CCOC(=O)c1cc(C)nn1-c1cccc(CNC(C)=O)c1.[Li+].[OH-]. The van der Waals surface area contributed by atoms with Gasteiger partial charge in [0.25, 0.3) is 0 Å². The number of carboxylic acid groups (broad SMARTS) is 1. The first-order valence-corrected chi connectivity index (χ1v) is 20.6. The summed E-state index contributed by atoms with van der Waals surface area (Å²) in [5.41, 5.74) is 13.7. The number of halogens is 1. The van der Waals surface area contributed by atoms with Crippen LogP contribution >= 0.6 is 11.6 Å². The minimum absolute atomic E-state index is 0. The van der Waals surface area contributed by atoms with Crippen LogP contribution in [0.3, 0.4) is 0 Å². The second-order valence-corrected chi connectivity index (χ2v) is 14.5. The van der Waals surface area contributed by atoms with E-state index in [1.54, 1.807) is 60.5 Å². The zero-order valence-electron chi connectivity index (χ0n) is 39.0. The van der Waals surface area contributed by atoms with Crippen molar-refractivity contribution in [2.45, 2.75) is 75.0 Å². The van der Waals surface area contributed by atoms with E-state index in [4.69, 9.17) is 20.3 Å². The van der Waals surface area contributed by atoms with Gasteiger partial charge in [-0.25, -0.2) is 28.4 Å². The summed E-state index contributed by atoms with van der Waals surface area (Å²) in [4.78, 5) is 66.2. The molecule has 6 N–H and O–H groups in total. The third kappa shape index (κ3) is 18.9. The summed E-state index contributed by atoms with van der Waals surface area (Å²) >= 11 is 4.64. The van der Waals surface area contributed by atoms with Crippen molar-refractivity contribution in [3.8, 4) is 17.1 Å². The molecule has 0 aliphatic rings. The zero-order chi connectivity index (χ0) is 48.2. The van der Waals surface area contributed by atoms with E-state index >= 15 is 0 Å². The van der Waals surface area contributed by atoms with Crippen LogP contribution in [0.4, 0.5) is 0 Å². The Balaban J connectivity index is 0.000000476. The van der Waals surface area contributed by atoms with E-state index in [2.05, 4.69) is 37.5 Å². The Morgan fingerprint density at radius 3 is 1.22 bits per heavy atom. The van der Waals surface area contributed by atoms with Crippen molar-refractivity contribution < 1.29 is 67.7 Å². The molecule has 0 saturated carbocycles. The molecule has 67 heavy (non-hydrogen) atoms. The molecular formula is C46H55ClLiN9O10. The Morgan fingerprint density at radius 2 is 0.910 bits per heavy atom. The molecule has 0 atom stereocenters. The van der Waals surface area contributed by atoms with E-state index < -0.39 is 11.9 Å². The molecule has 3 heterocycles. The smallest absolute Gasteiger partial charge is 0.870 e. The van der Waals surface area contributed by atoms with Gasteiger partial charge in [-0.2, -0.15) is 15.3 Å². The van der Waals surface area contributed by atoms with Gasteiger partial charge in [0.05, 0.1) is 47.4 Å². The van der Waals surface area contributed by atoms with Gasteiger partial charge in [-0.3, -0.25) is 14.4 Å². The second-order valence-electron chi connectivity index (χ2n) is 14.0. The van der Waals surface area contributed by atoms with Gasteiger partial charge in [0.2, 0.25) is 17.1 Å². The van der Waals surface area contributed by atoms with Gasteiger partial charge < -0.3 is 36.4 Å². The number of aromatic nitrogens is 6. The van der Waals surface area contributed by atoms with Gasteiger partial charge in [-0.05, 0) is 118 Å². The van der Waals surface area contributed by atoms with E-state index in [9.17, 15) is 28.8 Å². The van der Waals surface area contributed by atoms with E-state index in [1.165, 1.54) is 31.5 Å². The number of benzene rings is 3. The van der Waals surface area contributed by atoms with Crippen molar-refractivity contribution in [3.63, 3.8) is 0 Å². The summed E-state index contributed by atoms with van der Waals surface area (Å²) in [5.74, 6) is -2.02. The normalized spacial score (nSPS) is 9.82. The molecule has 0 fully saturated rings. The van der Waals surface area contributed by atoms with Crippen LogP contribution < -0.4 is 35.2 Å². The maximum absolute atomic E-state index is 12.0. The molecule has 0 aliphatic heterocycles. The Bertz CT molecular complexity index is 2600. The first-order chi connectivity index (χ1) is 30.9. The molecule has 6 aromatic rings. The molecule has 2 amide bonds. The van der Waals surface area contributed by atoms with E-state index in [0.29, 0.717) is 55.6 Å². The number of rotatable bonds is 13. The van der Waals surface area contributed by atoms with Gasteiger partial charge in [-0.15, -0.1) is 0 Å². The number of carboxylic acids is 1. The second kappa shape index (κ2) is 28.9. The van der Waals surface area contributed by atoms with Gasteiger partial charge in [0, 0.05) is 40.4 Å². The number of hydrogen-bond donors (Lipinski definition) is 4. The predicted octanol–water partition coefficient (Wildman–Crippen LogP) is 2.92. The molecule has 0 spiro atoms. The van der Waals surface area contributed by atoms with Gasteiger partial charge in [0.1, 0.15) is 0 Å². The van der Waals surface area contributed by atoms with Crippen LogP contribution in [0.2, 0.25) is 0 Å². The molecule has 3 aromatic carbocycles. The van der Waals surface area contributed by atoms with E-state index in [1.807, 2.05) is 68.4 Å². The third-order valence-electron chi connectivity index (χ3n) is 8.47. The van der Waals surface area contributed by atoms with Gasteiger partial charge in [0.15, 0.2) is 17.1 Å². The number of aromatic carboxylic acids is 1. The molecule has 0 saturated heterocycles. The Kier molecular flexibility index (Phi) is 25.1. The largest absolute Gasteiger partial charge is 1.00 e. The molecule has 0 bridgehead atoms. The number of nitrogens with one attached hydrogen (secondary N) is 2. The Labute approximate surface area is 405 Å². The molecule has 19 nitrogen and oxygen atoms in total. The average molecular weight is 936 g/mol. The van der Waals surface area contributed by atoms with E-state index in [0.717, 1.165) is 39.5 Å². The first-order valence-electron chi connectivity index (χ1n) is 20.3. The van der Waals surface area contributed by atoms with Crippen LogP contribution in [0.5, 0.6) is 0 Å². The molecule has 0 radical (unpaired) electrons. The van der Waals surface area contributed by atoms with Crippen molar-refractivity contribution in [1.29, 1.82) is 0 Å². The third-order valence-corrected chi connectivity index (χ3v) is 8.47. The minimum Gasteiger partial charge on any atom is -0.870 e. The molecular weight excluding hydrogens is 881 g/mol. The molecule has 6 rings (SSSR count). The topological polar surface area (TPSA) is 275 Å².